The van der Waals surface area contributed by atoms with Gasteiger partial charge in [0.15, 0.2) is 5.82 Å². The minimum absolute atomic E-state index is 0.516. The maximum absolute atomic E-state index is 5.58. The van der Waals surface area contributed by atoms with Gasteiger partial charge in [0.05, 0.1) is 18.9 Å². The Morgan fingerprint density at radius 2 is 1.90 bits per heavy atom. The summed E-state index contributed by atoms with van der Waals surface area (Å²) in [6.45, 7) is 5.36. The van der Waals surface area contributed by atoms with E-state index in [1.165, 1.54) is 11.1 Å². The number of hydrogen-bond acceptors (Lipinski definition) is 5. The highest BCUT2D eigenvalue weighted by Crippen LogP contribution is 2.26. The van der Waals surface area contributed by atoms with E-state index in [1.807, 2.05) is 0 Å². The number of hydrazine groups is 1. The zero-order valence-electron chi connectivity index (χ0n) is 11.7. The average molecular weight is 270 g/mol. The van der Waals surface area contributed by atoms with Crippen LogP contribution in [0.15, 0.2) is 18.2 Å². The third-order valence-corrected chi connectivity index (χ3v) is 3.44. The van der Waals surface area contributed by atoms with Crippen molar-refractivity contribution in [3.63, 3.8) is 0 Å². The lowest BCUT2D eigenvalue weighted by Gasteiger charge is -2.19. The monoisotopic (exact) mass is 270 g/mol. The molecule has 0 saturated heterocycles. The van der Waals surface area contributed by atoms with Crippen LogP contribution in [0.25, 0.3) is 11.4 Å². The van der Waals surface area contributed by atoms with Gasteiger partial charge in [0.25, 0.3) is 0 Å². The molecule has 0 aliphatic carbocycles. The van der Waals surface area contributed by atoms with Gasteiger partial charge in [-0.15, -0.1) is 0 Å². The number of hydrogen-bond donors (Lipinski definition) is 2. The number of nitrogen functional groups attached to an aromatic ring is 1. The molecule has 0 amide bonds. The van der Waals surface area contributed by atoms with Crippen molar-refractivity contribution in [3.8, 4) is 11.4 Å². The van der Waals surface area contributed by atoms with E-state index in [9.17, 15) is 0 Å². The molecule has 1 aromatic carbocycles. The van der Waals surface area contributed by atoms with Crippen LogP contribution in [0.1, 0.15) is 22.4 Å². The van der Waals surface area contributed by atoms with Crippen LogP contribution in [-0.2, 0) is 17.8 Å². The van der Waals surface area contributed by atoms with Gasteiger partial charge in [0, 0.05) is 17.5 Å². The van der Waals surface area contributed by atoms with E-state index in [2.05, 4.69) is 47.4 Å². The first-order valence-corrected chi connectivity index (χ1v) is 6.70. The first kappa shape index (κ1) is 13.0. The second-order valence-corrected chi connectivity index (χ2v) is 5.14. The second-order valence-electron chi connectivity index (χ2n) is 5.14. The Bertz CT molecular complexity index is 617. The van der Waals surface area contributed by atoms with Crippen LogP contribution in [0.5, 0.6) is 0 Å². The molecular weight excluding hydrogens is 252 g/mol. The normalized spacial score (nSPS) is 13.9. The highest BCUT2D eigenvalue weighted by molar-refractivity contribution is 5.61. The molecule has 104 valence electrons. The molecule has 1 aliphatic heterocycles. The van der Waals surface area contributed by atoms with Crippen LogP contribution in [0.3, 0.4) is 0 Å². The number of aryl methyl sites for hydroxylation is 2. The molecule has 5 heteroatoms. The number of ether oxygens (including phenoxy) is 1. The van der Waals surface area contributed by atoms with Crippen LogP contribution < -0.4 is 11.3 Å². The number of fused-ring (bicyclic) bond motifs is 1. The number of nitrogens with two attached hydrogens (primary N) is 1. The van der Waals surface area contributed by atoms with Crippen LogP contribution >= 0.6 is 0 Å². The lowest BCUT2D eigenvalue weighted by molar-refractivity contribution is 0.109. The van der Waals surface area contributed by atoms with Crippen LogP contribution in [-0.4, -0.2) is 16.6 Å². The minimum atomic E-state index is 0.516. The SMILES string of the molecule is Cc1cc(C)cc(-c2nc3c(c(NN)n2)COCC3)c1. The predicted molar refractivity (Wildman–Crippen MR) is 78.1 cm³/mol. The fraction of sp³-hybridized carbons (Fsp3) is 0.333. The molecule has 0 spiro atoms. The van der Waals surface area contributed by atoms with Gasteiger partial charge < -0.3 is 10.2 Å². The van der Waals surface area contributed by atoms with Gasteiger partial charge in [-0.2, -0.15) is 0 Å². The third kappa shape index (κ3) is 2.37. The average Bonchev–Trinajstić information content (AvgIpc) is 2.45. The molecule has 20 heavy (non-hydrogen) atoms. The summed E-state index contributed by atoms with van der Waals surface area (Å²) in [6, 6.07) is 6.32. The number of nitrogens with zero attached hydrogens (tertiary/aromatic N) is 2. The van der Waals surface area contributed by atoms with E-state index in [0.717, 1.165) is 23.2 Å². The fourth-order valence-corrected chi connectivity index (χ4v) is 2.58. The van der Waals surface area contributed by atoms with Crippen molar-refractivity contribution in [1.82, 2.24) is 9.97 Å². The van der Waals surface area contributed by atoms with E-state index >= 15 is 0 Å². The second kappa shape index (κ2) is 5.19. The summed E-state index contributed by atoms with van der Waals surface area (Å²) in [6.07, 6.45) is 0.796. The molecule has 3 N–H and O–H groups in total. The fourth-order valence-electron chi connectivity index (χ4n) is 2.58. The number of aromatic nitrogens is 2. The summed E-state index contributed by atoms with van der Waals surface area (Å²) in [4.78, 5) is 9.22. The quantitative estimate of drug-likeness (QED) is 0.646. The molecule has 0 saturated carbocycles. The molecule has 5 nitrogen and oxygen atoms in total. The summed E-state index contributed by atoms with van der Waals surface area (Å²) >= 11 is 0. The lowest BCUT2D eigenvalue weighted by Crippen LogP contribution is -2.19. The molecule has 0 unspecified atom stereocenters. The lowest BCUT2D eigenvalue weighted by atomic mass is 10.1. The molecule has 1 aliphatic rings. The van der Waals surface area contributed by atoms with Gasteiger partial charge in [0.2, 0.25) is 0 Å². The zero-order valence-corrected chi connectivity index (χ0v) is 11.7. The summed E-state index contributed by atoms with van der Waals surface area (Å²) in [5.41, 5.74) is 8.07. The highest BCUT2D eigenvalue weighted by atomic mass is 16.5. The summed E-state index contributed by atoms with van der Waals surface area (Å²) < 4.78 is 5.45. The maximum atomic E-state index is 5.58. The Balaban J connectivity index is 2.14. The minimum Gasteiger partial charge on any atom is -0.376 e. The Morgan fingerprint density at radius 1 is 1.15 bits per heavy atom. The molecule has 0 fully saturated rings. The molecule has 0 bridgehead atoms. The van der Waals surface area contributed by atoms with Crippen molar-refractivity contribution in [1.29, 1.82) is 0 Å². The largest absolute Gasteiger partial charge is 0.376 e. The molecular formula is C15H18N4O. The first-order chi connectivity index (χ1) is 9.67. The van der Waals surface area contributed by atoms with Crippen molar-refractivity contribution in [2.75, 3.05) is 12.0 Å². The Hall–Kier alpha value is -1.98. The Morgan fingerprint density at radius 3 is 2.60 bits per heavy atom. The maximum Gasteiger partial charge on any atom is 0.161 e. The van der Waals surface area contributed by atoms with Gasteiger partial charge in [-0.05, 0) is 26.0 Å². The molecule has 0 atom stereocenters. The van der Waals surface area contributed by atoms with Crippen LogP contribution in [0.2, 0.25) is 0 Å². The van der Waals surface area contributed by atoms with Crippen molar-refractivity contribution < 1.29 is 4.74 Å². The van der Waals surface area contributed by atoms with Crippen molar-refractivity contribution >= 4 is 5.82 Å². The zero-order chi connectivity index (χ0) is 14.1. The topological polar surface area (TPSA) is 73.1 Å². The van der Waals surface area contributed by atoms with E-state index in [0.29, 0.717) is 24.9 Å². The third-order valence-electron chi connectivity index (χ3n) is 3.44. The predicted octanol–water partition coefficient (Wildman–Crippen LogP) is 2.12. The number of anilines is 1. The highest BCUT2D eigenvalue weighted by Gasteiger charge is 2.18. The van der Waals surface area contributed by atoms with Crippen molar-refractivity contribution in [2.24, 2.45) is 5.84 Å². The summed E-state index contributed by atoms with van der Waals surface area (Å²) in [5.74, 6) is 6.95. The number of nitrogens with one attached hydrogen (secondary N) is 1. The smallest absolute Gasteiger partial charge is 0.161 e. The van der Waals surface area contributed by atoms with E-state index in [-0.39, 0.29) is 0 Å². The van der Waals surface area contributed by atoms with E-state index < -0.39 is 0 Å². The Labute approximate surface area is 118 Å². The van der Waals surface area contributed by atoms with Gasteiger partial charge >= 0.3 is 0 Å². The van der Waals surface area contributed by atoms with E-state index in [1.54, 1.807) is 0 Å². The van der Waals surface area contributed by atoms with Crippen LogP contribution in [0, 0.1) is 13.8 Å². The van der Waals surface area contributed by atoms with E-state index in [4.69, 9.17) is 10.6 Å². The number of rotatable bonds is 2. The Kier molecular flexibility index (Phi) is 3.38. The van der Waals surface area contributed by atoms with Crippen LogP contribution in [0.4, 0.5) is 5.82 Å². The molecule has 1 aromatic heterocycles. The molecule has 2 aromatic rings. The molecule has 0 radical (unpaired) electrons. The van der Waals surface area contributed by atoms with Gasteiger partial charge in [0.1, 0.15) is 5.82 Å². The standard InChI is InChI=1S/C15H18N4O/c1-9-5-10(2)7-11(6-9)14-17-13-3-4-20-8-12(13)15(18-14)19-16/h5-7H,3-4,8,16H2,1-2H3,(H,17,18,19). The summed E-state index contributed by atoms with van der Waals surface area (Å²) in [5, 5.41) is 0. The van der Waals surface area contributed by atoms with Gasteiger partial charge in [-0.3, -0.25) is 0 Å². The number of benzene rings is 1. The summed E-state index contributed by atoms with van der Waals surface area (Å²) in [7, 11) is 0. The van der Waals surface area contributed by atoms with Gasteiger partial charge in [-0.25, -0.2) is 15.8 Å². The first-order valence-electron chi connectivity index (χ1n) is 6.70. The van der Waals surface area contributed by atoms with Gasteiger partial charge in [-0.1, -0.05) is 17.2 Å². The van der Waals surface area contributed by atoms with Crippen molar-refractivity contribution in [2.45, 2.75) is 26.9 Å². The molecule has 3 rings (SSSR count). The molecule has 2 heterocycles. The van der Waals surface area contributed by atoms with Crippen molar-refractivity contribution in [3.05, 3.63) is 40.6 Å².